The van der Waals surface area contributed by atoms with Crippen molar-refractivity contribution in [1.29, 1.82) is 0 Å². The van der Waals surface area contributed by atoms with Crippen LogP contribution in [0.5, 0.6) is 0 Å². The van der Waals surface area contributed by atoms with Gasteiger partial charge in [-0.2, -0.15) is 0 Å². The third kappa shape index (κ3) is 3.69. The maximum absolute atomic E-state index is 12.1. The molecular weight excluding hydrogens is 226 g/mol. The quantitative estimate of drug-likeness (QED) is 0.779. The molecule has 0 aromatic carbocycles. The maximum Gasteiger partial charge on any atom is 0.237 e. The van der Waals surface area contributed by atoms with E-state index in [4.69, 9.17) is 5.73 Å². The molecule has 1 aliphatic heterocycles. The van der Waals surface area contributed by atoms with Gasteiger partial charge in [0.1, 0.15) is 0 Å². The second kappa shape index (κ2) is 6.53. The van der Waals surface area contributed by atoms with Crippen LogP contribution in [-0.4, -0.2) is 41.5 Å². The molecule has 1 heterocycles. The predicted molar refractivity (Wildman–Crippen MR) is 75.3 cm³/mol. The number of hydrogen-bond donors (Lipinski definition) is 2. The molecule has 4 unspecified atom stereocenters. The molecule has 1 rings (SSSR count). The highest BCUT2D eigenvalue weighted by Crippen LogP contribution is 2.25. The summed E-state index contributed by atoms with van der Waals surface area (Å²) < 4.78 is 0. The number of likely N-dealkylation sites (tertiary alicyclic amines) is 1. The molecule has 1 saturated heterocycles. The van der Waals surface area contributed by atoms with Crippen LogP contribution >= 0.6 is 0 Å². The van der Waals surface area contributed by atoms with Gasteiger partial charge in [0.2, 0.25) is 5.91 Å². The number of amides is 1. The van der Waals surface area contributed by atoms with E-state index < -0.39 is 0 Å². The molecule has 0 radical (unpaired) electrons. The highest BCUT2D eigenvalue weighted by molar-refractivity contribution is 5.81. The van der Waals surface area contributed by atoms with Gasteiger partial charge < -0.3 is 11.1 Å². The van der Waals surface area contributed by atoms with Gasteiger partial charge in [0, 0.05) is 24.7 Å². The van der Waals surface area contributed by atoms with Crippen LogP contribution in [0.2, 0.25) is 0 Å². The molecule has 0 saturated carbocycles. The zero-order valence-corrected chi connectivity index (χ0v) is 12.4. The van der Waals surface area contributed by atoms with E-state index in [9.17, 15) is 4.79 Å². The number of hydrogen-bond acceptors (Lipinski definition) is 3. The summed E-state index contributed by atoms with van der Waals surface area (Å²) in [6.45, 7) is 11.1. The second-order valence-electron chi connectivity index (χ2n) is 6.05. The minimum absolute atomic E-state index is 0.0366. The highest BCUT2D eigenvalue weighted by Gasteiger charge is 2.34. The van der Waals surface area contributed by atoms with Gasteiger partial charge in [0.25, 0.3) is 0 Å². The van der Waals surface area contributed by atoms with Crippen LogP contribution in [0.1, 0.15) is 47.5 Å². The van der Waals surface area contributed by atoms with Crippen molar-refractivity contribution in [3.05, 3.63) is 0 Å². The van der Waals surface area contributed by atoms with Gasteiger partial charge in [0.05, 0.1) is 6.04 Å². The Balaban J connectivity index is 2.46. The summed E-state index contributed by atoms with van der Waals surface area (Å²) in [4.78, 5) is 14.5. The summed E-state index contributed by atoms with van der Waals surface area (Å²) in [5, 5.41) is 2.98. The standard InChI is InChI=1S/C14H29N3O/c1-9(2)13(15)8-16-14(18)12(5)17-10(3)6-7-11(17)4/h9-13H,6-8,15H2,1-5H3,(H,16,18). The molecule has 1 fully saturated rings. The number of rotatable bonds is 5. The molecule has 0 spiro atoms. The summed E-state index contributed by atoms with van der Waals surface area (Å²) in [6.07, 6.45) is 2.37. The largest absolute Gasteiger partial charge is 0.353 e. The highest BCUT2D eigenvalue weighted by atomic mass is 16.2. The normalized spacial score (nSPS) is 28.4. The summed E-state index contributed by atoms with van der Waals surface area (Å²) in [7, 11) is 0. The van der Waals surface area contributed by atoms with Crippen LogP contribution in [-0.2, 0) is 4.79 Å². The fourth-order valence-electron chi connectivity index (χ4n) is 2.72. The first-order valence-electron chi connectivity index (χ1n) is 7.15. The van der Waals surface area contributed by atoms with Gasteiger partial charge in [-0.3, -0.25) is 9.69 Å². The fraction of sp³-hybridized carbons (Fsp3) is 0.929. The lowest BCUT2D eigenvalue weighted by Gasteiger charge is -2.32. The van der Waals surface area contributed by atoms with E-state index in [1.807, 2.05) is 6.92 Å². The van der Waals surface area contributed by atoms with Crippen LogP contribution in [0.3, 0.4) is 0 Å². The van der Waals surface area contributed by atoms with E-state index in [0.717, 1.165) is 0 Å². The lowest BCUT2D eigenvalue weighted by Crippen LogP contribution is -2.51. The Bertz CT molecular complexity index is 270. The SMILES string of the molecule is CC(C)C(N)CNC(=O)C(C)N1C(C)CCC1C. The van der Waals surface area contributed by atoms with Crippen LogP contribution in [0, 0.1) is 5.92 Å². The van der Waals surface area contributed by atoms with Crippen molar-refractivity contribution in [2.75, 3.05) is 6.54 Å². The molecule has 4 atom stereocenters. The topological polar surface area (TPSA) is 58.4 Å². The van der Waals surface area contributed by atoms with E-state index in [1.54, 1.807) is 0 Å². The van der Waals surface area contributed by atoms with Crippen molar-refractivity contribution in [2.45, 2.75) is 71.6 Å². The Hall–Kier alpha value is -0.610. The van der Waals surface area contributed by atoms with Gasteiger partial charge in [0.15, 0.2) is 0 Å². The molecule has 0 aromatic rings. The Morgan fingerprint density at radius 1 is 1.28 bits per heavy atom. The van der Waals surface area contributed by atoms with E-state index in [0.29, 0.717) is 24.5 Å². The van der Waals surface area contributed by atoms with Crippen molar-refractivity contribution in [1.82, 2.24) is 10.2 Å². The monoisotopic (exact) mass is 255 g/mol. The van der Waals surface area contributed by atoms with E-state index in [2.05, 4.69) is 37.9 Å². The Kier molecular flexibility index (Phi) is 5.60. The van der Waals surface area contributed by atoms with E-state index >= 15 is 0 Å². The van der Waals surface area contributed by atoms with E-state index in [-0.39, 0.29) is 18.0 Å². The van der Waals surface area contributed by atoms with Crippen molar-refractivity contribution >= 4 is 5.91 Å². The fourth-order valence-corrected chi connectivity index (χ4v) is 2.72. The van der Waals surface area contributed by atoms with Gasteiger partial charge in [-0.25, -0.2) is 0 Å². The van der Waals surface area contributed by atoms with Crippen molar-refractivity contribution < 1.29 is 4.79 Å². The molecule has 0 aromatic heterocycles. The summed E-state index contributed by atoms with van der Waals surface area (Å²) in [6, 6.07) is 0.977. The van der Waals surface area contributed by atoms with E-state index in [1.165, 1.54) is 12.8 Å². The summed E-state index contributed by atoms with van der Waals surface area (Å²) >= 11 is 0. The molecule has 4 heteroatoms. The molecule has 1 aliphatic rings. The summed E-state index contributed by atoms with van der Waals surface area (Å²) in [5.41, 5.74) is 5.94. The Morgan fingerprint density at radius 2 is 1.78 bits per heavy atom. The van der Waals surface area contributed by atoms with Crippen LogP contribution in [0.4, 0.5) is 0 Å². The molecule has 106 valence electrons. The lowest BCUT2D eigenvalue weighted by molar-refractivity contribution is -0.126. The third-order valence-electron chi connectivity index (χ3n) is 4.22. The molecule has 4 nitrogen and oxygen atoms in total. The molecule has 1 amide bonds. The van der Waals surface area contributed by atoms with Crippen LogP contribution in [0.15, 0.2) is 0 Å². The summed E-state index contributed by atoms with van der Waals surface area (Å²) in [5.74, 6) is 0.497. The number of carbonyl (C=O) groups excluding carboxylic acids is 1. The first kappa shape index (κ1) is 15.4. The minimum atomic E-state index is -0.0585. The minimum Gasteiger partial charge on any atom is -0.353 e. The lowest BCUT2D eigenvalue weighted by atomic mass is 10.1. The molecule has 3 N–H and O–H groups in total. The Labute approximate surface area is 111 Å². The van der Waals surface area contributed by atoms with Crippen LogP contribution in [0.25, 0.3) is 0 Å². The Morgan fingerprint density at radius 3 is 2.22 bits per heavy atom. The third-order valence-corrected chi connectivity index (χ3v) is 4.22. The van der Waals surface area contributed by atoms with Crippen LogP contribution < -0.4 is 11.1 Å². The van der Waals surface area contributed by atoms with Crippen molar-refractivity contribution in [2.24, 2.45) is 11.7 Å². The number of nitrogens with one attached hydrogen (secondary N) is 1. The van der Waals surface area contributed by atoms with Gasteiger partial charge in [-0.05, 0) is 39.5 Å². The molecular formula is C14H29N3O. The maximum atomic E-state index is 12.1. The number of nitrogens with zero attached hydrogens (tertiary/aromatic N) is 1. The smallest absolute Gasteiger partial charge is 0.237 e. The van der Waals surface area contributed by atoms with Crippen molar-refractivity contribution in [3.63, 3.8) is 0 Å². The first-order chi connectivity index (χ1) is 8.34. The zero-order valence-electron chi connectivity index (χ0n) is 12.4. The predicted octanol–water partition coefficient (Wildman–Crippen LogP) is 1.35. The second-order valence-corrected chi connectivity index (χ2v) is 6.05. The average molecular weight is 255 g/mol. The van der Waals surface area contributed by atoms with Gasteiger partial charge >= 0.3 is 0 Å². The number of nitrogens with two attached hydrogens (primary N) is 1. The first-order valence-corrected chi connectivity index (χ1v) is 7.15. The van der Waals surface area contributed by atoms with Crippen molar-refractivity contribution in [3.8, 4) is 0 Å². The molecule has 18 heavy (non-hydrogen) atoms. The van der Waals surface area contributed by atoms with Gasteiger partial charge in [-0.1, -0.05) is 13.8 Å². The number of carbonyl (C=O) groups is 1. The zero-order chi connectivity index (χ0) is 13.9. The average Bonchev–Trinajstić information content (AvgIpc) is 2.64. The van der Waals surface area contributed by atoms with Gasteiger partial charge in [-0.15, -0.1) is 0 Å². The molecule has 0 bridgehead atoms. The molecule has 0 aliphatic carbocycles.